The van der Waals surface area contributed by atoms with Crippen LogP contribution in [0.3, 0.4) is 0 Å². The Balaban J connectivity index is 4.25. The topological polar surface area (TPSA) is 67.2 Å². The van der Waals surface area contributed by atoms with Crippen LogP contribution in [0, 0.1) is 11.3 Å². The number of nitriles is 1. The predicted octanol–water partition coefficient (Wildman–Crippen LogP) is 0.372. The first-order valence-corrected chi connectivity index (χ1v) is 3.89. The van der Waals surface area contributed by atoms with Crippen LogP contribution in [-0.2, 0) is 10.0 Å². The van der Waals surface area contributed by atoms with Gasteiger partial charge in [0.1, 0.15) is 12.2 Å². The average Bonchev–Trinajstić information content (AvgIpc) is 2.04. The van der Waals surface area contributed by atoms with Crippen molar-refractivity contribution in [3.63, 3.8) is 0 Å². The van der Waals surface area contributed by atoms with E-state index in [1.165, 1.54) is 32.7 Å². The quantitative estimate of drug-likeness (QED) is 0.470. The van der Waals surface area contributed by atoms with Gasteiger partial charge in [0.25, 0.3) is 0 Å². The molecule has 1 radical (unpaired) electrons. The number of carbonyl (C=O) groups excluding carboxylic acids is 1. The Hall–Kier alpha value is -1.12. The summed E-state index contributed by atoms with van der Waals surface area (Å²) >= 11 is 0. The molecule has 0 aromatic rings. The van der Waals surface area contributed by atoms with Crippen molar-refractivity contribution < 1.29 is 10.0 Å². The largest absolute Gasteiger partial charge is 0.331 e. The molecule has 0 aliphatic heterocycles. The fourth-order valence-corrected chi connectivity index (χ4v) is 0.525. The minimum atomic E-state index is -1.09. The second-order valence-electron chi connectivity index (χ2n) is 3.41. The molecule has 0 aromatic heterocycles. The van der Waals surface area contributed by atoms with Crippen molar-refractivity contribution in [2.24, 2.45) is 0 Å². The Morgan fingerprint density at radius 3 is 2.31 bits per heavy atom. The van der Waals surface area contributed by atoms with Crippen LogP contribution in [-0.4, -0.2) is 35.1 Å². The van der Waals surface area contributed by atoms with Crippen LogP contribution in [0.25, 0.3) is 0 Å². The van der Waals surface area contributed by atoms with Crippen molar-refractivity contribution in [1.29, 1.82) is 5.26 Å². The Labute approximate surface area is 78.1 Å². The Morgan fingerprint density at radius 2 is 2.00 bits per heavy atom. The van der Waals surface area contributed by atoms with Gasteiger partial charge in [-0.15, -0.1) is 10.3 Å². The van der Waals surface area contributed by atoms with Gasteiger partial charge in [0.15, 0.2) is 0 Å². The maximum absolute atomic E-state index is 11.3. The van der Waals surface area contributed by atoms with Crippen LogP contribution in [0.4, 0.5) is 0 Å². The van der Waals surface area contributed by atoms with E-state index < -0.39 is 5.54 Å². The van der Waals surface area contributed by atoms with Crippen molar-refractivity contribution in [2.45, 2.75) is 26.3 Å². The number of hydrogen-bond acceptors (Lipinski definition) is 3. The van der Waals surface area contributed by atoms with Crippen LogP contribution in [0.15, 0.2) is 0 Å². The lowest BCUT2D eigenvalue weighted by molar-refractivity contribution is -0.220. The highest BCUT2D eigenvalue weighted by Crippen LogP contribution is 2.10. The zero-order valence-corrected chi connectivity index (χ0v) is 8.37. The molecule has 13 heavy (non-hydrogen) atoms. The molecule has 0 heterocycles. The summed E-state index contributed by atoms with van der Waals surface area (Å²) in [5.74, 6) is -0.199. The van der Waals surface area contributed by atoms with Gasteiger partial charge < -0.3 is 4.90 Å². The molecule has 0 unspecified atom stereocenters. The summed E-state index contributed by atoms with van der Waals surface area (Å²) in [5, 5.41) is 20.5. The lowest BCUT2D eigenvalue weighted by Crippen LogP contribution is -2.46. The third kappa shape index (κ3) is 3.40. The minimum Gasteiger partial charge on any atom is -0.331 e. The number of nitrogens with zero attached hydrogens (tertiary/aromatic N) is 3. The van der Waals surface area contributed by atoms with E-state index in [-0.39, 0.29) is 12.6 Å². The van der Waals surface area contributed by atoms with Crippen LogP contribution in [0.2, 0.25) is 0 Å². The van der Waals surface area contributed by atoms with E-state index in [1.807, 2.05) is 6.07 Å². The van der Waals surface area contributed by atoms with Crippen molar-refractivity contribution in [3.8, 4) is 6.07 Å². The van der Waals surface area contributed by atoms with Crippen LogP contribution >= 0.6 is 0 Å². The molecule has 0 spiro atoms. The maximum Gasteiger partial charge on any atom is 0.220 e. The number of carbonyl (C=O) groups is 1. The molecule has 0 aliphatic carbocycles. The standard InChI is InChI=1S/C8H14N3O2/c1-7(12)10(4)6-11(13)8(2,3)5-9/h6H2,1-4H3. The summed E-state index contributed by atoms with van der Waals surface area (Å²) in [6.07, 6.45) is 0. The molecule has 0 rings (SSSR count). The number of hydroxylamine groups is 2. The second-order valence-corrected chi connectivity index (χ2v) is 3.41. The molecule has 0 saturated carbocycles. The number of hydrogen-bond donors (Lipinski definition) is 0. The van der Waals surface area contributed by atoms with Gasteiger partial charge in [-0.2, -0.15) is 5.26 Å². The molecule has 1 amide bonds. The first-order valence-electron chi connectivity index (χ1n) is 3.89. The van der Waals surface area contributed by atoms with E-state index in [0.717, 1.165) is 0 Å². The third-order valence-electron chi connectivity index (χ3n) is 1.78. The van der Waals surface area contributed by atoms with E-state index in [1.54, 1.807) is 0 Å². The molecular formula is C8H14N3O2. The smallest absolute Gasteiger partial charge is 0.220 e. The van der Waals surface area contributed by atoms with E-state index in [9.17, 15) is 10.0 Å². The van der Waals surface area contributed by atoms with Crippen molar-refractivity contribution in [2.75, 3.05) is 13.7 Å². The minimum absolute atomic E-state index is 0.0874. The van der Waals surface area contributed by atoms with Gasteiger partial charge in [-0.05, 0) is 13.8 Å². The lowest BCUT2D eigenvalue weighted by Gasteiger charge is -2.27. The highest BCUT2D eigenvalue weighted by atomic mass is 16.5. The van der Waals surface area contributed by atoms with Crippen LogP contribution < -0.4 is 0 Å². The number of amides is 1. The van der Waals surface area contributed by atoms with Gasteiger partial charge in [0, 0.05) is 14.0 Å². The maximum atomic E-state index is 11.3. The lowest BCUT2D eigenvalue weighted by atomic mass is 10.1. The van der Waals surface area contributed by atoms with E-state index in [0.29, 0.717) is 5.06 Å². The fraction of sp³-hybridized carbons (Fsp3) is 0.750. The summed E-state index contributed by atoms with van der Waals surface area (Å²) < 4.78 is 0. The molecule has 73 valence electrons. The fourth-order valence-electron chi connectivity index (χ4n) is 0.525. The molecule has 0 atom stereocenters. The highest BCUT2D eigenvalue weighted by Gasteiger charge is 2.27. The molecule has 0 fully saturated rings. The second kappa shape index (κ2) is 4.21. The number of rotatable bonds is 3. The molecule has 0 saturated heterocycles. The van der Waals surface area contributed by atoms with Gasteiger partial charge in [-0.1, -0.05) is 0 Å². The van der Waals surface area contributed by atoms with Gasteiger partial charge in [-0.25, -0.2) is 0 Å². The summed E-state index contributed by atoms with van der Waals surface area (Å²) in [6, 6.07) is 1.86. The highest BCUT2D eigenvalue weighted by molar-refractivity contribution is 5.72. The third-order valence-corrected chi connectivity index (χ3v) is 1.78. The molecule has 0 N–H and O–H groups in total. The first kappa shape index (κ1) is 11.9. The Bertz CT molecular complexity index is 232. The SMILES string of the molecule is CC(=O)N(C)CN([O])C(C)(C)C#N. The van der Waals surface area contributed by atoms with Crippen LogP contribution in [0.5, 0.6) is 0 Å². The normalized spacial score (nSPS) is 11.2. The van der Waals surface area contributed by atoms with Crippen molar-refractivity contribution in [3.05, 3.63) is 0 Å². The van der Waals surface area contributed by atoms with E-state index in [4.69, 9.17) is 5.26 Å². The van der Waals surface area contributed by atoms with Crippen LogP contribution in [0.1, 0.15) is 20.8 Å². The van der Waals surface area contributed by atoms with Crippen molar-refractivity contribution in [1.82, 2.24) is 9.96 Å². The molecule has 0 aliphatic rings. The Kier molecular flexibility index (Phi) is 3.85. The first-order chi connectivity index (χ1) is 5.81. The van der Waals surface area contributed by atoms with Gasteiger partial charge in [0.2, 0.25) is 5.91 Å². The van der Waals surface area contributed by atoms with Crippen molar-refractivity contribution >= 4 is 5.91 Å². The molecule has 5 heteroatoms. The summed E-state index contributed by atoms with van der Waals surface area (Å²) in [6.45, 7) is 4.30. The summed E-state index contributed by atoms with van der Waals surface area (Å²) in [7, 11) is 1.51. The van der Waals surface area contributed by atoms with Gasteiger partial charge in [0.05, 0.1) is 6.07 Å². The Morgan fingerprint density at radius 1 is 1.54 bits per heavy atom. The summed E-state index contributed by atoms with van der Waals surface area (Å²) in [5.41, 5.74) is -1.09. The molecule has 0 aromatic carbocycles. The van der Waals surface area contributed by atoms with E-state index in [2.05, 4.69) is 0 Å². The molecular weight excluding hydrogens is 170 g/mol. The molecule has 5 nitrogen and oxygen atoms in total. The average molecular weight is 184 g/mol. The van der Waals surface area contributed by atoms with Gasteiger partial charge in [-0.3, -0.25) is 4.79 Å². The van der Waals surface area contributed by atoms with E-state index >= 15 is 0 Å². The molecule has 0 bridgehead atoms. The van der Waals surface area contributed by atoms with Gasteiger partial charge >= 0.3 is 0 Å². The summed E-state index contributed by atoms with van der Waals surface area (Å²) in [4.78, 5) is 12.0. The monoisotopic (exact) mass is 184 g/mol. The zero-order valence-electron chi connectivity index (χ0n) is 8.37. The predicted molar refractivity (Wildman–Crippen MR) is 45.5 cm³/mol. The zero-order chi connectivity index (χ0) is 10.6.